The molecule has 4 unspecified atom stereocenters. The minimum Gasteiger partial charge on any atom is -0.496 e. The third-order valence-electron chi connectivity index (χ3n) is 6.19. The standard InChI is InChI=1S/C21H32ClN3O4/c1-12-19(23)16(22)9-15(20(12)28-2)21(27)25-11-13-5-6-24-10-14(13)8-17(26)18-4-3-7-29-18/h9,13-14,17-18,24,26H,3-8,10-11,23H2,1-2H3,(H,25,27). The molecule has 2 aliphatic rings. The van der Waals surface area contributed by atoms with Crippen molar-refractivity contribution in [2.24, 2.45) is 11.8 Å². The van der Waals surface area contributed by atoms with Crippen molar-refractivity contribution in [1.82, 2.24) is 10.6 Å². The number of nitrogens with one attached hydrogen (secondary N) is 2. The van der Waals surface area contributed by atoms with E-state index in [0.717, 1.165) is 39.0 Å². The van der Waals surface area contributed by atoms with Gasteiger partial charge in [-0.25, -0.2) is 0 Å². The van der Waals surface area contributed by atoms with Crippen molar-refractivity contribution < 1.29 is 19.4 Å². The zero-order valence-electron chi connectivity index (χ0n) is 17.2. The Morgan fingerprint density at radius 3 is 2.97 bits per heavy atom. The first kappa shape index (κ1) is 22.2. The van der Waals surface area contributed by atoms with E-state index >= 15 is 0 Å². The van der Waals surface area contributed by atoms with Crippen molar-refractivity contribution in [3.8, 4) is 5.75 Å². The van der Waals surface area contributed by atoms with E-state index in [2.05, 4.69) is 10.6 Å². The van der Waals surface area contributed by atoms with Crippen LogP contribution in [0.1, 0.15) is 41.6 Å². The van der Waals surface area contributed by atoms with Crippen LogP contribution < -0.4 is 21.1 Å². The molecule has 5 N–H and O–H groups in total. The molecule has 3 rings (SSSR count). The minimum atomic E-state index is -0.459. The minimum absolute atomic E-state index is 0.0590. The molecule has 1 aromatic carbocycles. The van der Waals surface area contributed by atoms with Gasteiger partial charge in [-0.05, 0) is 63.6 Å². The molecular weight excluding hydrogens is 394 g/mol. The molecule has 162 valence electrons. The molecule has 0 spiro atoms. The number of carbonyl (C=O) groups excluding carboxylic acids is 1. The Morgan fingerprint density at radius 2 is 2.28 bits per heavy atom. The highest BCUT2D eigenvalue weighted by molar-refractivity contribution is 6.33. The van der Waals surface area contributed by atoms with Gasteiger partial charge in [0.15, 0.2) is 0 Å². The number of rotatable bonds is 7. The molecule has 0 aliphatic carbocycles. The van der Waals surface area contributed by atoms with Gasteiger partial charge < -0.3 is 30.9 Å². The fourth-order valence-electron chi connectivity index (χ4n) is 4.41. The number of methoxy groups -OCH3 is 1. The number of carbonyl (C=O) groups is 1. The lowest BCUT2D eigenvalue weighted by Crippen LogP contribution is -2.44. The predicted octanol–water partition coefficient (Wildman–Crippen LogP) is 2.12. The Hall–Kier alpha value is -1.54. The number of hydrogen-bond acceptors (Lipinski definition) is 6. The molecule has 1 amide bonds. The van der Waals surface area contributed by atoms with E-state index < -0.39 is 6.10 Å². The van der Waals surface area contributed by atoms with Crippen LogP contribution in [0.5, 0.6) is 5.75 Å². The first-order valence-electron chi connectivity index (χ1n) is 10.3. The average Bonchev–Trinajstić information content (AvgIpc) is 3.26. The smallest absolute Gasteiger partial charge is 0.255 e. The molecule has 8 heteroatoms. The number of hydrogen-bond donors (Lipinski definition) is 4. The maximum absolute atomic E-state index is 12.8. The van der Waals surface area contributed by atoms with Gasteiger partial charge >= 0.3 is 0 Å². The van der Waals surface area contributed by atoms with E-state index in [0.29, 0.717) is 40.6 Å². The molecule has 2 saturated heterocycles. The van der Waals surface area contributed by atoms with Crippen LogP contribution in [0.15, 0.2) is 6.07 Å². The highest BCUT2D eigenvalue weighted by atomic mass is 35.5. The molecule has 0 saturated carbocycles. The largest absolute Gasteiger partial charge is 0.496 e. The summed E-state index contributed by atoms with van der Waals surface area (Å²) in [5.74, 6) is 0.776. The fraction of sp³-hybridized carbons (Fsp3) is 0.667. The van der Waals surface area contributed by atoms with E-state index in [-0.39, 0.29) is 23.8 Å². The number of anilines is 1. The second-order valence-electron chi connectivity index (χ2n) is 8.06. The van der Waals surface area contributed by atoms with Crippen LogP contribution in [0, 0.1) is 18.8 Å². The van der Waals surface area contributed by atoms with E-state index in [9.17, 15) is 9.90 Å². The van der Waals surface area contributed by atoms with Crippen molar-refractivity contribution in [2.75, 3.05) is 39.1 Å². The maximum atomic E-state index is 12.8. The van der Waals surface area contributed by atoms with Gasteiger partial charge in [0.05, 0.1) is 35.6 Å². The van der Waals surface area contributed by atoms with Gasteiger partial charge in [-0.15, -0.1) is 0 Å². The Labute approximate surface area is 177 Å². The average molecular weight is 426 g/mol. The number of amides is 1. The number of benzene rings is 1. The number of aliphatic hydroxyl groups excluding tert-OH is 1. The number of piperidine rings is 1. The van der Waals surface area contributed by atoms with E-state index in [4.69, 9.17) is 26.8 Å². The summed E-state index contributed by atoms with van der Waals surface area (Å²) in [6.45, 7) is 4.79. The summed E-state index contributed by atoms with van der Waals surface area (Å²) in [5.41, 5.74) is 7.41. The summed E-state index contributed by atoms with van der Waals surface area (Å²) in [6, 6.07) is 1.55. The second kappa shape index (κ2) is 9.98. The van der Waals surface area contributed by atoms with Crippen molar-refractivity contribution >= 4 is 23.2 Å². The van der Waals surface area contributed by atoms with Crippen LogP contribution in [0.25, 0.3) is 0 Å². The summed E-state index contributed by atoms with van der Waals surface area (Å²) in [7, 11) is 1.52. The number of halogens is 1. The lowest BCUT2D eigenvalue weighted by molar-refractivity contribution is -0.0193. The predicted molar refractivity (Wildman–Crippen MR) is 114 cm³/mol. The van der Waals surface area contributed by atoms with Crippen molar-refractivity contribution in [3.05, 3.63) is 22.2 Å². The van der Waals surface area contributed by atoms with Crippen LogP contribution in [0.2, 0.25) is 5.02 Å². The van der Waals surface area contributed by atoms with Crippen LogP contribution in [0.3, 0.4) is 0 Å². The second-order valence-corrected chi connectivity index (χ2v) is 8.46. The third-order valence-corrected chi connectivity index (χ3v) is 6.51. The summed E-state index contributed by atoms with van der Waals surface area (Å²) in [4.78, 5) is 12.8. The molecule has 2 fully saturated rings. The first-order chi connectivity index (χ1) is 13.9. The Morgan fingerprint density at radius 1 is 1.48 bits per heavy atom. The lowest BCUT2D eigenvalue weighted by atomic mass is 9.81. The normalized spacial score (nSPS) is 25.6. The summed E-state index contributed by atoms with van der Waals surface area (Å²) in [5, 5.41) is 17.3. The van der Waals surface area contributed by atoms with Crippen LogP contribution >= 0.6 is 11.6 Å². The number of nitrogen functional groups attached to an aromatic ring is 1. The quantitative estimate of drug-likeness (QED) is 0.499. The fourth-order valence-corrected chi connectivity index (χ4v) is 4.66. The van der Waals surface area contributed by atoms with Crippen LogP contribution in [0.4, 0.5) is 5.69 Å². The molecule has 0 bridgehead atoms. The lowest BCUT2D eigenvalue weighted by Gasteiger charge is -2.34. The number of aliphatic hydroxyl groups is 1. The Bertz CT molecular complexity index is 724. The van der Waals surface area contributed by atoms with Gasteiger partial charge in [0.25, 0.3) is 5.91 Å². The SMILES string of the molecule is COc1c(C(=O)NCC2CCNCC2CC(O)C2CCCO2)cc(Cl)c(N)c1C. The molecular formula is C21H32ClN3O4. The maximum Gasteiger partial charge on any atom is 0.255 e. The Kier molecular flexibility index (Phi) is 7.62. The molecule has 2 heterocycles. The molecule has 4 atom stereocenters. The van der Waals surface area contributed by atoms with E-state index in [1.165, 1.54) is 7.11 Å². The van der Waals surface area contributed by atoms with Crippen molar-refractivity contribution in [2.45, 2.75) is 44.8 Å². The zero-order chi connectivity index (χ0) is 21.0. The molecule has 0 aromatic heterocycles. The summed E-state index contributed by atoms with van der Waals surface area (Å²) < 4.78 is 11.0. The topological polar surface area (TPSA) is 106 Å². The molecule has 2 aliphatic heterocycles. The molecule has 7 nitrogen and oxygen atoms in total. The van der Waals surface area contributed by atoms with Crippen LogP contribution in [-0.4, -0.2) is 56.6 Å². The van der Waals surface area contributed by atoms with E-state index in [1.54, 1.807) is 13.0 Å². The third kappa shape index (κ3) is 5.15. The highest BCUT2D eigenvalue weighted by Gasteiger charge is 2.32. The van der Waals surface area contributed by atoms with Crippen LogP contribution in [-0.2, 0) is 4.74 Å². The Balaban J connectivity index is 1.63. The summed E-state index contributed by atoms with van der Waals surface area (Å²) >= 11 is 6.18. The highest BCUT2D eigenvalue weighted by Crippen LogP contribution is 2.34. The van der Waals surface area contributed by atoms with Crippen molar-refractivity contribution in [1.29, 1.82) is 0 Å². The van der Waals surface area contributed by atoms with E-state index in [1.807, 2.05) is 0 Å². The summed E-state index contributed by atoms with van der Waals surface area (Å²) in [6.07, 6.45) is 3.03. The van der Waals surface area contributed by atoms with Gasteiger partial charge in [0.2, 0.25) is 0 Å². The molecule has 1 aromatic rings. The number of ether oxygens (including phenoxy) is 2. The monoisotopic (exact) mass is 425 g/mol. The van der Waals surface area contributed by atoms with Gasteiger partial charge in [-0.1, -0.05) is 11.6 Å². The first-order valence-corrected chi connectivity index (χ1v) is 10.7. The zero-order valence-corrected chi connectivity index (χ0v) is 17.9. The van der Waals surface area contributed by atoms with Gasteiger partial charge in [0.1, 0.15) is 5.75 Å². The van der Waals surface area contributed by atoms with Gasteiger partial charge in [-0.3, -0.25) is 4.79 Å². The molecule has 0 radical (unpaired) electrons. The molecule has 29 heavy (non-hydrogen) atoms. The van der Waals surface area contributed by atoms with Gasteiger partial charge in [-0.2, -0.15) is 0 Å². The van der Waals surface area contributed by atoms with Gasteiger partial charge in [0, 0.05) is 18.7 Å². The number of nitrogens with two attached hydrogens (primary N) is 1. The van der Waals surface area contributed by atoms with Crippen molar-refractivity contribution in [3.63, 3.8) is 0 Å².